The summed E-state index contributed by atoms with van der Waals surface area (Å²) in [6.45, 7) is 5.13. The maximum absolute atomic E-state index is 11.9. The summed E-state index contributed by atoms with van der Waals surface area (Å²) in [5.74, 6) is 0.722. The van der Waals surface area contributed by atoms with Crippen LogP contribution < -0.4 is 5.32 Å². The second-order valence-electron chi connectivity index (χ2n) is 5.12. The lowest BCUT2D eigenvalue weighted by Crippen LogP contribution is -2.28. The minimum atomic E-state index is -0.134. The molecule has 0 spiro atoms. The maximum Gasteiger partial charge on any atom is 0.326 e. The maximum atomic E-state index is 11.9. The first-order chi connectivity index (χ1) is 9.66. The number of hydrogen-bond acceptors (Lipinski definition) is 4. The number of carbonyl (C=O) groups excluding carboxylic acids is 1. The Morgan fingerprint density at radius 1 is 1.40 bits per heavy atom. The first-order valence-corrected chi connectivity index (χ1v) is 7.77. The fourth-order valence-corrected chi connectivity index (χ4v) is 2.46. The van der Waals surface area contributed by atoms with Crippen LogP contribution in [0.5, 0.6) is 0 Å². The molecule has 2 heterocycles. The van der Waals surface area contributed by atoms with Crippen LogP contribution in [0.1, 0.15) is 33.1 Å². The van der Waals surface area contributed by atoms with Gasteiger partial charge in [-0.2, -0.15) is 0 Å². The smallest absolute Gasteiger partial charge is 0.326 e. The first kappa shape index (κ1) is 14.7. The predicted molar refractivity (Wildman–Crippen MR) is 80.8 cm³/mol. The van der Waals surface area contributed by atoms with E-state index in [1.165, 1.54) is 28.7 Å². The van der Waals surface area contributed by atoms with Gasteiger partial charge in [0.05, 0.1) is 0 Å². The molecule has 20 heavy (non-hydrogen) atoms. The van der Waals surface area contributed by atoms with Crippen molar-refractivity contribution < 1.29 is 4.79 Å². The normalized spacial score (nSPS) is 10.9. The molecule has 2 rings (SSSR count). The van der Waals surface area contributed by atoms with Crippen molar-refractivity contribution in [3.05, 3.63) is 24.1 Å². The molecule has 1 N–H and O–H groups in total. The topological polar surface area (TPSA) is 59.8 Å². The van der Waals surface area contributed by atoms with Crippen LogP contribution in [-0.2, 0) is 0 Å². The van der Waals surface area contributed by atoms with Crippen molar-refractivity contribution in [1.82, 2.24) is 19.9 Å². The van der Waals surface area contributed by atoms with Gasteiger partial charge in [-0.25, -0.2) is 14.8 Å². The van der Waals surface area contributed by atoms with E-state index in [1.807, 2.05) is 5.38 Å². The van der Waals surface area contributed by atoms with Crippen LogP contribution in [0.2, 0.25) is 0 Å². The molecule has 0 aliphatic rings. The van der Waals surface area contributed by atoms with Crippen LogP contribution in [0, 0.1) is 5.92 Å². The summed E-state index contributed by atoms with van der Waals surface area (Å²) >= 11 is 1.51. The van der Waals surface area contributed by atoms with Crippen LogP contribution in [0.25, 0.3) is 10.7 Å². The molecule has 1 amide bonds. The summed E-state index contributed by atoms with van der Waals surface area (Å²) in [5.41, 5.74) is 0.731. The van der Waals surface area contributed by atoms with Crippen molar-refractivity contribution in [2.75, 3.05) is 6.54 Å². The molecular weight excluding hydrogens is 272 g/mol. The molecule has 2 aromatic heterocycles. The van der Waals surface area contributed by atoms with Gasteiger partial charge < -0.3 is 5.32 Å². The third-order valence-corrected chi connectivity index (χ3v) is 3.75. The highest BCUT2D eigenvalue weighted by atomic mass is 32.1. The minimum Gasteiger partial charge on any atom is -0.337 e. The number of rotatable bonds is 6. The molecule has 0 radical (unpaired) electrons. The van der Waals surface area contributed by atoms with Crippen LogP contribution in [0.3, 0.4) is 0 Å². The first-order valence-electron chi connectivity index (χ1n) is 6.89. The Bertz CT molecular complexity index is 533. The Balaban J connectivity index is 1.78. The van der Waals surface area contributed by atoms with Crippen molar-refractivity contribution in [3.8, 4) is 10.7 Å². The van der Waals surface area contributed by atoms with Gasteiger partial charge in [0.15, 0.2) is 0 Å². The summed E-state index contributed by atoms with van der Waals surface area (Å²) in [5, 5.41) is 5.62. The zero-order valence-corrected chi connectivity index (χ0v) is 12.7. The molecule has 0 bridgehead atoms. The zero-order chi connectivity index (χ0) is 14.4. The van der Waals surface area contributed by atoms with Gasteiger partial charge in [-0.3, -0.25) is 4.57 Å². The number of unbranched alkanes of at least 4 members (excludes halogenated alkanes) is 1. The van der Waals surface area contributed by atoms with E-state index in [0.717, 1.165) is 29.5 Å². The summed E-state index contributed by atoms with van der Waals surface area (Å²) in [7, 11) is 0. The molecule has 6 heteroatoms. The highest BCUT2D eigenvalue weighted by Gasteiger charge is 2.08. The van der Waals surface area contributed by atoms with E-state index in [-0.39, 0.29) is 6.03 Å². The quantitative estimate of drug-likeness (QED) is 0.830. The fourth-order valence-electron chi connectivity index (χ4n) is 1.86. The number of hydrogen-bond donors (Lipinski definition) is 1. The van der Waals surface area contributed by atoms with E-state index >= 15 is 0 Å². The predicted octanol–water partition coefficient (Wildman–Crippen LogP) is 3.39. The Kier molecular flexibility index (Phi) is 5.29. The van der Waals surface area contributed by atoms with Crippen LogP contribution in [0.4, 0.5) is 4.79 Å². The molecule has 0 unspecified atom stereocenters. The number of thiazole rings is 1. The largest absolute Gasteiger partial charge is 0.337 e. The van der Waals surface area contributed by atoms with Gasteiger partial charge in [0, 0.05) is 24.3 Å². The minimum absolute atomic E-state index is 0.134. The average molecular weight is 292 g/mol. The molecule has 0 aliphatic carbocycles. The molecule has 0 fully saturated rings. The van der Waals surface area contributed by atoms with E-state index in [0.29, 0.717) is 6.54 Å². The van der Waals surface area contributed by atoms with Gasteiger partial charge in [-0.15, -0.1) is 11.3 Å². The number of nitrogens with one attached hydrogen (secondary N) is 1. The molecule has 0 aliphatic heterocycles. The lowest BCUT2D eigenvalue weighted by molar-refractivity contribution is 0.242. The van der Waals surface area contributed by atoms with E-state index in [9.17, 15) is 4.79 Å². The van der Waals surface area contributed by atoms with Gasteiger partial charge in [0.1, 0.15) is 17.0 Å². The number of amides is 1. The molecule has 0 aromatic carbocycles. The van der Waals surface area contributed by atoms with Crippen molar-refractivity contribution >= 4 is 17.4 Å². The lowest BCUT2D eigenvalue weighted by Gasteiger charge is -2.06. The summed E-state index contributed by atoms with van der Waals surface area (Å²) < 4.78 is 1.47. The third-order valence-electron chi connectivity index (χ3n) is 2.95. The molecule has 2 aromatic rings. The SMILES string of the molecule is CC(C)CCCCNC(=O)n1cnc(-c2nccs2)c1. The summed E-state index contributed by atoms with van der Waals surface area (Å²) in [6, 6.07) is -0.134. The van der Waals surface area contributed by atoms with Crippen molar-refractivity contribution in [2.24, 2.45) is 5.92 Å². The Hall–Kier alpha value is -1.69. The summed E-state index contributed by atoms with van der Waals surface area (Å²) in [6.07, 6.45) is 8.33. The van der Waals surface area contributed by atoms with Gasteiger partial charge >= 0.3 is 6.03 Å². The fraction of sp³-hybridized carbons (Fsp3) is 0.500. The van der Waals surface area contributed by atoms with Crippen molar-refractivity contribution in [2.45, 2.75) is 33.1 Å². The van der Waals surface area contributed by atoms with Gasteiger partial charge in [0.25, 0.3) is 0 Å². The molecule has 108 valence electrons. The van der Waals surface area contributed by atoms with Gasteiger partial charge in [-0.1, -0.05) is 26.7 Å². The Morgan fingerprint density at radius 3 is 2.95 bits per heavy atom. The third kappa shape index (κ3) is 4.16. The second-order valence-corrected chi connectivity index (χ2v) is 6.02. The zero-order valence-electron chi connectivity index (χ0n) is 11.9. The van der Waals surface area contributed by atoms with Crippen LogP contribution >= 0.6 is 11.3 Å². The van der Waals surface area contributed by atoms with Gasteiger partial charge in [0.2, 0.25) is 0 Å². The average Bonchev–Trinajstić information content (AvgIpc) is 3.08. The van der Waals surface area contributed by atoms with E-state index in [4.69, 9.17) is 0 Å². The molecule has 0 saturated carbocycles. The second kappa shape index (κ2) is 7.19. The summed E-state index contributed by atoms with van der Waals surface area (Å²) in [4.78, 5) is 20.3. The van der Waals surface area contributed by atoms with Gasteiger partial charge in [-0.05, 0) is 12.3 Å². The number of nitrogens with zero attached hydrogens (tertiary/aromatic N) is 3. The molecular formula is C14H20N4OS. The standard InChI is InChI=1S/C14H20N4OS/c1-11(2)5-3-4-6-16-14(19)18-9-12(17-10-18)13-15-7-8-20-13/h7-11H,3-6H2,1-2H3,(H,16,19). The van der Waals surface area contributed by atoms with E-state index in [1.54, 1.807) is 12.4 Å². The number of imidazole rings is 1. The molecule has 0 saturated heterocycles. The van der Waals surface area contributed by atoms with E-state index < -0.39 is 0 Å². The highest BCUT2D eigenvalue weighted by molar-refractivity contribution is 7.13. The number of carbonyl (C=O) groups is 1. The molecule has 5 nitrogen and oxygen atoms in total. The Labute approximate surface area is 123 Å². The monoisotopic (exact) mass is 292 g/mol. The Morgan fingerprint density at radius 2 is 2.25 bits per heavy atom. The van der Waals surface area contributed by atoms with Crippen LogP contribution in [0.15, 0.2) is 24.1 Å². The highest BCUT2D eigenvalue weighted by Crippen LogP contribution is 2.18. The van der Waals surface area contributed by atoms with Crippen molar-refractivity contribution in [3.63, 3.8) is 0 Å². The van der Waals surface area contributed by atoms with Crippen molar-refractivity contribution in [1.29, 1.82) is 0 Å². The lowest BCUT2D eigenvalue weighted by atomic mass is 10.1. The van der Waals surface area contributed by atoms with Crippen LogP contribution in [-0.4, -0.2) is 27.1 Å². The van der Waals surface area contributed by atoms with E-state index in [2.05, 4.69) is 29.1 Å². The number of aromatic nitrogens is 3. The molecule has 0 atom stereocenters.